The van der Waals surface area contributed by atoms with Crippen LogP contribution in [0.1, 0.15) is 15.9 Å². The van der Waals surface area contributed by atoms with Crippen molar-refractivity contribution in [3.63, 3.8) is 0 Å². The van der Waals surface area contributed by atoms with Crippen molar-refractivity contribution in [1.82, 2.24) is 0 Å². The number of nitrogens with two attached hydrogens (primary N) is 1. The highest BCUT2D eigenvalue weighted by Crippen LogP contribution is 2.33. The molecule has 3 N–H and O–H groups in total. The van der Waals surface area contributed by atoms with E-state index in [-0.39, 0.29) is 0 Å². The number of aryl methyl sites for hydroxylation is 1. The summed E-state index contributed by atoms with van der Waals surface area (Å²) < 4.78 is 5.56. The maximum atomic E-state index is 11.6. The number of hydrogen-bond donors (Lipinski definition) is 2. The normalized spacial score (nSPS) is 10.3. The topological polar surface area (TPSA) is 64.3 Å². The summed E-state index contributed by atoms with van der Waals surface area (Å²) in [4.78, 5) is 11.6. The number of anilines is 3. The maximum Gasteiger partial charge on any atom is 0.337 e. The number of nitrogens with one attached hydrogen (secondary N) is 1. The van der Waals surface area contributed by atoms with Gasteiger partial charge in [0.15, 0.2) is 0 Å². The van der Waals surface area contributed by atoms with Crippen molar-refractivity contribution in [1.29, 1.82) is 0 Å². The molecule has 0 radical (unpaired) electrons. The summed E-state index contributed by atoms with van der Waals surface area (Å²) in [5.74, 6) is -0.418. The summed E-state index contributed by atoms with van der Waals surface area (Å²) in [6.45, 7) is 1.92. The number of rotatable bonds is 3. The van der Waals surface area contributed by atoms with Gasteiger partial charge in [-0.3, -0.25) is 0 Å². The van der Waals surface area contributed by atoms with E-state index in [9.17, 15) is 4.79 Å². The second-order valence-corrected chi connectivity index (χ2v) is 5.76. The van der Waals surface area contributed by atoms with Crippen LogP contribution in [0.5, 0.6) is 0 Å². The molecule has 0 fully saturated rings. The van der Waals surface area contributed by atoms with Crippen LogP contribution in [0, 0.1) is 6.92 Å². The van der Waals surface area contributed by atoms with Crippen molar-refractivity contribution in [2.24, 2.45) is 0 Å². The lowest BCUT2D eigenvalue weighted by molar-refractivity contribution is 0.0601. The average molecular weight is 370 g/mol. The van der Waals surface area contributed by atoms with Crippen LogP contribution in [-0.2, 0) is 4.74 Å². The third-order valence-corrected chi connectivity index (χ3v) is 4.06. The summed E-state index contributed by atoms with van der Waals surface area (Å²) in [6.07, 6.45) is 0. The summed E-state index contributed by atoms with van der Waals surface area (Å²) in [7, 11) is 1.34. The maximum absolute atomic E-state index is 11.6. The smallest absolute Gasteiger partial charge is 0.337 e. The molecule has 21 heavy (non-hydrogen) atoms. The lowest BCUT2D eigenvalue weighted by Crippen LogP contribution is -2.04. The van der Waals surface area contributed by atoms with E-state index < -0.39 is 5.97 Å². The van der Waals surface area contributed by atoms with Crippen LogP contribution in [0.3, 0.4) is 0 Å². The second kappa shape index (κ2) is 6.37. The molecular formula is C15H14BrClN2O2. The zero-order valence-corrected chi connectivity index (χ0v) is 13.9. The van der Waals surface area contributed by atoms with Gasteiger partial charge in [-0.1, -0.05) is 11.6 Å². The quantitative estimate of drug-likeness (QED) is 0.616. The number of halogens is 2. The fourth-order valence-electron chi connectivity index (χ4n) is 1.80. The van der Waals surface area contributed by atoms with E-state index in [1.54, 1.807) is 24.3 Å². The van der Waals surface area contributed by atoms with Crippen molar-refractivity contribution in [2.75, 3.05) is 18.2 Å². The second-order valence-electron chi connectivity index (χ2n) is 4.50. The Morgan fingerprint density at radius 3 is 2.67 bits per heavy atom. The van der Waals surface area contributed by atoms with Gasteiger partial charge in [0.1, 0.15) is 0 Å². The summed E-state index contributed by atoms with van der Waals surface area (Å²) in [5, 5.41) is 3.81. The molecule has 2 aromatic carbocycles. The molecule has 0 aliphatic rings. The highest BCUT2D eigenvalue weighted by Gasteiger charge is 2.10. The minimum absolute atomic E-state index is 0.418. The fourth-order valence-corrected chi connectivity index (χ4v) is 2.52. The van der Waals surface area contributed by atoms with Crippen molar-refractivity contribution < 1.29 is 9.53 Å². The van der Waals surface area contributed by atoms with Gasteiger partial charge in [-0.05, 0) is 58.7 Å². The molecule has 0 aromatic heterocycles. The molecule has 0 atom stereocenters. The Bertz CT molecular complexity index is 704. The molecule has 0 bridgehead atoms. The van der Waals surface area contributed by atoms with Gasteiger partial charge in [0.2, 0.25) is 0 Å². The van der Waals surface area contributed by atoms with Crippen LogP contribution in [0.2, 0.25) is 5.02 Å². The van der Waals surface area contributed by atoms with E-state index in [1.165, 1.54) is 7.11 Å². The van der Waals surface area contributed by atoms with Crippen molar-refractivity contribution in [3.8, 4) is 0 Å². The Morgan fingerprint density at radius 2 is 2.00 bits per heavy atom. The van der Waals surface area contributed by atoms with Gasteiger partial charge in [0, 0.05) is 9.50 Å². The van der Waals surface area contributed by atoms with Gasteiger partial charge < -0.3 is 15.8 Å². The first-order chi connectivity index (χ1) is 9.92. The highest BCUT2D eigenvalue weighted by molar-refractivity contribution is 9.10. The molecule has 0 spiro atoms. The molecule has 0 saturated heterocycles. The van der Waals surface area contributed by atoms with Crippen LogP contribution < -0.4 is 11.1 Å². The van der Waals surface area contributed by atoms with Crippen LogP contribution in [0.25, 0.3) is 0 Å². The number of carbonyl (C=O) groups is 1. The molecule has 0 aliphatic carbocycles. The van der Waals surface area contributed by atoms with E-state index in [1.807, 2.05) is 13.0 Å². The highest BCUT2D eigenvalue weighted by atomic mass is 79.9. The van der Waals surface area contributed by atoms with Crippen molar-refractivity contribution in [2.45, 2.75) is 6.92 Å². The number of hydrogen-bond acceptors (Lipinski definition) is 4. The van der Waals surface area contributed by atoms with Crippen molar-refractivity contribution >= 4 is 50.6 Å². The predicted octanol–water partition coefficient (Wildman–Crippen LogP) is 4.52. The number of nitrogen functional groups attached to an aromatic ring is 1. The van der Waals surface area contributed by atoms with Crippen LogP contribution >= 0.6 is 27.5 Å². The number of methoxy groups -OCH3 is 1. The van der Waals surface area contributed by atoms with E-state index in [2.05, 4.69) is 21.2 Å². The standard InChI is InChI=1S/C15H14BrClN2O2/c1-8-5-10(16)13(7-11(8)17)19-14-6-9(15(20)21-2)3-4-12(14)18/h3-7,19H,18H2,1-2H3. The summed E-state index contributed by atoms with van der Waals surface area (Å²) in [6, 6.07) is 8.61. The molecule has 0 heterocycles. The molecule has 0 amide bonds. The Kier molecular flexibility index (Phi) is 4.75. The van der Waals surface area contributed by atoms with Gasteiger partial charge in [-0.2, -0.15) is 0 Å². The zero-order valence-electron chi connectivity index (χ0n) is 11.5. The third-order valence-electron chi connectivity index (χ3n) is 2.99. The van der Waals surface area contributed by atoms with Crippen molar-refractivity contribution in [3.05, 3.63) is 51.0 Å². The minimum Gasteiger partial charge on any atom is -0.465 e. The monoisotopic (exact) mass is 368 g/mol. The third kappa shape index (κ3) is 3.49. The Hall–Kier alpha value is -1.72. The molecule has 6 heteroatoms. The minimum atomic E-state index is -0.418. The SMILES string of the molecule is COC(=O)c1ccc(N)c(Nc2cc(Cl)c(C)cc2Br)c1. The molecule has 2 rings (SSSR count). The Morgan fingerprint density at radius 1 is 1.29 bits per heavy atom. The number of benzene rings is 2. The first-order valence-corrected chi connectivity index (χ1v) is 7.30. The largest absolute Gasteiger partial charge is 0.465 e. The van der Waals surface area contributed by atoms with E-state index in [0.717, 1.165) is 15.7 Å². The molecular weight excluding hydrogens is 356 g/mol. The van der Waals surface area contributed by atoms with Gasteiger partial charge in [-0.15, -0.1) is 0 Å². The van der Waals surface area contributed by atoms with Crippen LogP contribution in [-0.4, -0.2) is 13.1 Å². The molecule has 0 unspecified atom stereocenters. The fraction of sp³-hybridized carbons (Fsp3) is 0.133. The van der Waals surface area contributed by atoms with E-state index in [4.69, 9.17) is 22.1 Å². The number of carbonyl (C=O) groups excluding carboxylic acids is 1. The summed E-state index contributed by atoms with van der Waals surface area (Å²) >= 11 is 9.60. The van der Waals surface area contributed by atoms with Gasteiger partial charge in [-0.25, -0.2) is 4.79 Å². The van der Waals surface area contributed by atoms with Crippen LogP contribution in [0.4, 0.5) is 17.1 Å². The predicted molar refractivity (Wildman–Crippen MR) is 89.4 cm³/mol. The molecule has 0 saturated carbocycles. The van der Waals surface area contributed by atoms with E-state index >= 15 is 0 Å². The molecule has 110 valence electrons. The zero-order chi connectivity index (χ0) is 15.6. The number of esters is 1. The van der Waals surface area contributed by atoms with Gasteiger partial charge >= 0.3 is 5.97 Å². The summed E-state index contributed by atoms with van der Waals surface area (Å²) in [5.41, 5.74) is 9.21. The van der Waals surface area contributed by atoms with Crippen LogP contribution in [0.15, 0.2) is 34.8 Å². The first-order valence-electron chi connectivity index (χ1n) is 6.13. The Labute approximate surface area is 136 Å². The first kappa shape index (κ1) is 15.7. The Balaban J connectivity index is 2.39. The van der Waals surface area contributed by atoms with E-state index in [0.29, 0.717) is 22.0 Å². The van der Waals surface area contributed by atoms with Gasteiger partial charge in [0.25, 0.3) is 0 Å². The lowest BCUT2D eigenvalue weighted by atomic mass is 10.1. The van der Waals surface area contributed by atoms with Gasteiger partial charge in [0.05, 0.1) is 29.7 Å². The molecule has 0 aliphatic heterocycles. The number of ether oxygens (including phenoxy) is 1. The average Bonchev–Trinajstić information content (AvgIpc) is 2.46. The lowest BCUT2D eigenvalue weighted by Gasteiger charge is -2.13. The molecule has 2 aromatic rings. The molecule has 4 nitrogen and oxygen atoms in total.